The van der Waals surface area contributed by atoms with Crippen LogP contribution >= 0.6 is 0 Å². The zero-order valence-electron chi connectivity index (χ0n) is 12.1. The number of nitrogens with zero attached hydrogens (tertiary/aromatic N) is 1. The highest BCUT2D eigenvalue weighted by atomic mass is 16.5. The molecule has 1 aromatic carbocycles. The Morgan fingerprint density at radius 3 is 2.72 bits per heavy atom. The average Bonchev–Trinajstić information content (AvgIpc) is 2.43. The Hall–Kier alpha value is -1.06. The molecule has 0 fully saturated rings. The Kier molecular flexibility index (Phi) is 6.76. The number of ether oxygens (including phenoxy) is 1. The third kappa shape index (κ3) is 4.67. The molecule has 0 radical (unpaired) electrons. The number of benzene rings is 1. The van der Waals surface area contributed by atoms with E-state index in [1.807, 2.05) is 6.07 Å². The highest BCUT2D eigenvalue weighted by Crippen LogP contribution is 2.19. The van der Waals surface area contributed by atoms with Crippen molar-refractivity contribution in [3.8, 4) is 5.75 Å². The fourth-order valence-corrected chi connectivity index (χ4v) is 1.91. The van der Waals surface area contributed by atoms with E-state index in [4.69, 9.17) is 4.74 Å². The van der Waals surface area contributed by atoms with Crippen molar-refractivity contribution in [2.24, 2.45) is 0 Å². The maximum Gasteiger partial charge on any atom is 0.119 e. The van der Waals surface area contributed by atoms with Crippen LogP contribution in [-0.2, 0) is 0 Å². The van der Waals surface area contributed by atoms with Crippen molar-refractivity contribution in [2.45, 2.75) is 26.3 Å². The fraction of sp³-hybridized carbons (Fsp3) is 0.600. The SMILES string of the molecule is CCCNC(CN(C)CC)c1cccc(OC)c1. The van der Waals surface area contributed by atoms with Crippen LogP contribution in [0.25, 0.3) is 0 Å². The molecular formula is C15H26N2O. The maximum atomic E-state index is 5.30. The van der Waals surface area contributed by atoms with Gasteiger partial charge in [-0.2, -0.15) is 0 Å². The molecule has 0 aliphatic carbocycles. The van der Waals surface area contributed by atoms with Crippen LogP contribution in [0.4, 0.5) is 0 Å². The molecule has 18 heavy (non-hydrogen) atoms. The van der Waals surface area contributed by atoms with Crippen LogP contribution < -0.4 is 10.1 Å². The van der Waals surface area contributed by atoms with Gasteiger partial charge in [0.25, 0.3) is 0 Å². The van der Waals surface area contributed by atoms with Gasteiger partial charge in [-0.25, -0.2) is 0 Å². The van der Waals surface area contributed by atoms with E-state index in [0.717, 1.165) is 31.8 Å². The van der Waals surface area contributed by atoms with E-state index in [0.29, 0.717) is 6.04 Å². The summed E-state index contributed by atoms with van der Waals surface area (Å²) in [7, 11) is 3.87. The van der Waals surface area contributed by atoms with Crippen molar-refractivity contribution in [3.63, 3.8) is 0 Å². The minimum Gasteiger partial charge on any atom is -0.497 e. The van der Waals surface area contributed by atoms with E-state index >= 15 is 0 Å². The van der Waals surface area contributed by atoms with Crippen LogP contribution in [-0.4, -0.2) is 38.7 Å². The second-order valence-electron chi connectivity index (χ2n) is 4.64. The molecule has 0 saturated carbocycles. The van der Waals surface area contributed by atoms with Gasteiger partial charge in [-0.3, -0.25) is 0 Å². The molecule has 0 heterocycles. The lowest BCUT2D eigenvalue weighted by Gasteiger charge is -2.24. The molecule has 0 aliphatic heterocycles. The Morgan fingerprint density at radius 2 is 2.11 bits per heavy atom. The smallest absolute Gasteiger partial charge is 0.119 e. The quantitative estimate of drug-likeness (QED) is 0.767. The first kappa shape index (κ1) is 15.0. The van der Waals surface area contributed by atoms with E-state index in [1.165, 1.54) is 5.56 Å². The zero-order chi connectivity index (χ0) is 13.4. The number of likely N-dealkylation sites (N-methyl/N-ethyl adjacent to an activating group) is 1. The summed E-state index contributed by atoms with van der Waals surface area (Å²) in [5, 5.41) is 3.61. The second kappa shape index (κ2) is 8.11. The van der Waals surface area contributed by atoms with Crippen molar-refractivity contribution in [1.82, 2.24) is 10.2 Å². The molecule has 1 unspecified atom stereocenters. The molecule has 1 aromatic rings. The maximum absolute atomic E-state index is 5.30. The predicted octanol–water partition coefficient (Wildman–Crippen LogP) is 2.69. The standard InChI is InChI=1S/C15H26N2O/c1-5-10-16-15(12-17(3)6-2)13-8-7-9-14(11-13)18-4/h7-9,11,15-16H,5-6,10,12H2,1-4H3. The molecule has 3 heteroatoms. The Labute approximate surface area is 111 Å². The summed E-state index contributed by atoms with van der Waals surface area (Å²) in [5.41, 5.74) is 1.29. The second-order valence-corrected chi connectivity index (χ2v) is 4.64. The summed E-state index contributed by atoms with van der Waals surface area (Å²) in [6.07, 6.45) is 1.15. The molecular weight excluding hydrogens is 224 g/mol. The van der Waals surface area contributed by atoms with Crippen LogP contribution in [0.2, 0.25) is 0 Å². The lowest BCUT2D eigenvalue weighted by Crippen LogP contribution is -2.33. The molecule has 1 rings (SSSR count). The van der Waals surface area contributed by atoms with E-state index in [-0.39, 0.29) is 0 Å². The molecule has 1 atom stereocenters. The van der Waals surface area contributed by atoms with E-state index < -0.39 is 0 Å². The first-order valence-corrected chi connectivity index (χ1v) is 6.77. The van der Waals surface area contributed by atoms with Crippen LogP contribution in [0.1, 0.15) is 31.9 Å². The molecule has 0 amide bonds. The Balaban J connectivity index is 2.78. The van der Waals surface area contributed by atoms with Crippen LogP contribution in [0.3, 0.4) is 0 Å². The molecule has 0 aromatic heterocycles. The predicted molar refractivity (Wildman–Crippen MR) is 77.2 cm³/mol. The fourth-order valence-electron chi connectivity index (χ4n) is 1.91. The first-order valence-electron chi connectivity index (χ1n) is 6.77. The minimum absolute atomic E-state index is 0.366. The van der Waals surface area contributed by atoms with Gasteiger partial charge in [0.1, 0.15) is 5.75 Å². The monoisotopic (exact) mass is 250 g/mol. The van der Waals surface area contributed by atoms with Crippen molar-refractivity contribution in [2.75, 3.05) is 33.8 Å². The summed E-state index contributed by atoms with van der Waals surface area (Å²) in [6, 6.07) is 8.70. The van der Waals surface area contributed by atoms with Gasteiger partial charge in [-0.05, 0) is 44.3 Å². The van der Waals surface area contributed by atoms with Gasteiger partial charge in [-0.1, -0.05) is 26.0 Å². The summed E-state index contributed by atoms with van der Waals surface area (Å²) >= 11 is 0. The summed E-state index contributed by atoms with van der Waals surface area (Å²) in [6.45, 7) is 7.50. The van der Waals surface area contributed by atoms with Gasteiger partial charge in [0, 0.05) is 12.6 Å². The number of hydrogen-bond acceptors (Lipinski definition) is 3. The highest BCUT2D eigenvalue weighted by molar-refractivity contribution is 5.30. The van der Waals surface area contributed by atoms with Crippen LogP contribution in [0.5, 0.6) is 5.75 Å². The minimum atomic E-state index is 0.366. The van der Waals surface area contributed by atoms with Gasteiger partial charge in [0.05, 0.1) is 7.11 Å². The van der Waals surface area contributed by atoms with Crippen molar-refractivity contribution >= 4 is 0 Å². The highest BCUT2D eigenvalue weighted by Gasteiger charge is 2.13. The summed E-state index contributed by atoms with van der Waals surface area (Å²) in [4.78, 5) is 2.33. The summed E-state index contributed by atoms with van der Waals surface area (Å²) < 4.78 is 5.30. The molecule has 0 bridgehead atoms. The Morgan fingerprint density at radius 1 is 1.33 bits per heavy atom. The zero-order valence-corrected chi connectivity index (χ0v) is 12.1. The normalized spacial score (nSPS) is 12.7. The molecule has 0 spiro atoms. The topological polar surface area (TPSA) is 24.5 Å². The number of rotatable bonds is 8. The molecule has 0 saturated heterocycles. The Bertz CT molecular complexity index is 341. The van der Waals surface area contributed by atoms with Crippen LogP contribution in [0, 0.1) is 0 Å². The lowest BCUT2D eigenvalue weighted by molar-refractivity contribution is 0.303. The molecule has 102 valence electrons. The molecule has 3 nitrogen and oxygen atoms in total. The number of methoxy groups -OCH3 is 1. The van der Waals surface area contributed by atoms with Crippen LogP contribution in [0.15, 0.2) is 24.3 Å². The van der Waals surface area contributed by atoms with Crippen molar-refractivity contribution < 1.29 is 4.74 Å². The van der Waals surface area contributed by atoms with E-state index in [2.05, 4.69) is 49.3 Å². The first-order chi connectivity index (χ1) is 8.71. The summed E-state index contributed by atoms with van der Waals surface area (Å²) in [5.74, 6) is 0.926. The van der Waals surface area contributed by atoms with Gasteiger partial charge in [0.2, 0.25) is 0 Å². The molecule has 1 N–H and O–H groups in total. The average molecular weight is 250 g/mol. The van der Waals surface area contributed by atoms with Gasteiger partial charge in [-0.15, -0.1) is 0 Å². The van der Waals surface area contributed by atoms with Crippen molar-refractivity contribution in [3.05, 3.63) is 29.8 Å². The third-order valence-electron chi connectivity index (χ3n) is 3.17. The number of nitrogens with one attached hydrogen (secondary N) is 1. The third-order valence-corrected chi connectivity index (χ3v) is 3.17. The van der Waals surface area contributed by atoms with Gasteiger partial charge in [0.15, 0.2) is 0 Å². The lowest BCUT2D eigenvalue weighted by atomic mass is 10.1. The largest absolute Gasteiger partial charge is 0.497 e. The van der Waals surface area contributed by atoms with Crippen molar-refractivity contribution in [1.29, 1.82) is 0 Å². The molecule has 0 aliphatic rings. The van der Waals surface area contributed by atoms with E-state index in [1.54, 1.807) is 7.11 Å². The van der Waals surface area contributed by atoms with E-state index in [9.17, 15) is 0 Å². The number of hydrogen-bond donors (Lipinski definition) is 1. The van der Waals surface area contributed by atoms with Gasteiger partial charge < -0.3 is 15.0 Å². The van der Waals surface area contributed by atoms with Gasteiger partial charge >= 0.3 is 0 Å².